The zero-order valence-corrected chi connectivity index (χ0v) is 17.5. The summed E-state index contributed by atoms with van der Waals surface area (Å²) in [4.78, 5) is 4.97. The van der Waals surface area contributed by atoms with Crippen LogP contribution in [0.15, 0.2) is 54.6 Å². The normalized spacial score (nSPS) is 15.7. The molecule has 0 amide bonds. The fourth-order valence-corrected chi connectivity index (χ4v) is 3.61. The highest BCUT2D eigenvalue weighted by Crippen LogP contribution is 2.17. The molecule has 0 aliphatic carbocycles. The number of benzene rings is 2. The van der Waals surface area contributed by atoms with Crippen LogP contribution in [0.2, 0.25) is 0 Å². The van der Waals surface area contributed by atoms with E-state index < -0.39 is 0 Å². The van der Waals surface area contributed by atoms with Gasteiger partial charge in [0.05, 0.1) is 6.61 Å². The van der Waals surface area contributed by atoms with Crippen LogP contribution in [0, 0.1) is 0 Å². The van der Waals surface area contributed by atoms with Gasteiger partial charge in [-0.05, 0) is 62.5 Å². The molecule has 1 aliphatic heterocycles. The molecular weight excluding hydrogens is 368 g/mol. The molecule has 1 atom stereocenters. The molecule has 1 unspecified atom stereocenters. The van der Waals surface area contributed by atoms with E-state index in [9.17, 15) is 0 Å². The van der Waals surface area contributed by atoms with Crippen molar-refractivity contribution in [3.05, 3.63) is 54.6 Å². The Morgan fingerprint density at radius 1 is 1.04 bits per heavy atom. The third-order valence-corrected chi connectivity index (χ3v) is 5.29. The maximum Gasteiger partial charge on any atom is 0.170 e. The summed E-state index contributed by atoms with van der Waals surface area (Å²) in [5, 5.41) is 7.23. The quantitative estimate of drug-likeness (QED) is 0.695. The van der Waals surface area contributed by atoms with Crippen molar-refractivity contribution < 1.29 is 4.74 Å². The third kappa shape index (κ3) is 5.84. The molecule has 150 valence electrons. The van der Waals surface area contributed by atoms with Crippen molar-refractivity contribution in [3.8, 4) is 5.75 Å². The van der Waals surface area contributed by atoms with Gasteiger partial charge in [0.15, 0.2) is 5.11 Å². The molecule has 0 aromatic heterocycles. The Balaban J connectivity index is 1.39. The highest BCUT2D eigenvalue weighted by molar-refractivity contribution is 7.80. The molecule has 0 bridgehead atoms. The monoisotopic (exact) mass is 398 g/mol. The molecule has 2 aromatic carbocycles. The van der Waals surface area contributed by atoms with E-state index in [1.807, 2.05) is 31.2 Å². The van der Waals surface area contributed by atoms with Crippen LogP contribution in [-0.2, 0) is 0 Å². The van der Waals surface area contributed by atoms with Crippen LogP contribution < -0.4 is 20.3 Å². The Kier molecular flexibility index (Phi) is 7.51. The highest BCUT2D eigenvalue weighted by Gasteiger charge is 2.21. The summed E-state index contributed by atoms with van der Waals surface area (Å²) in [7, 11) is 0. The highest BCUT2D eigenvalue weighted by atomic mass is 32.1. The Morgan fingerprint density at radius 3 is 2.36 bits per heavy atom. The van der Waals surface area contributed by atoms with Gasteiger partial charge in [-0.1, -0.05) is 18.2 Å². The largest absolute Gasteiger partial charge is 0.494 e. The fourth-order valence-electron chi connectivity index (χ4n) is 3.41. The predicted octanol–water partition coefficient (Wildman–Crippen LogP) is 3.58. The van der Waals surface area contributed by atoms with Crippen molar-refractivity contribution in [1.82, 2.24) is 10.2 Å². The minimum atomic E-state index is 0.429. The lowest BCUT2D eigenvalue weighted by molar-refractivity contribution is 0.198. The number of hydrogen-bond donors (Lipinski definition) is 2. The first-order valence-electron chi connectivity index (χ1n) is 9.97. The lowest BCUT2D eigenvalue weighted by atomic mass is 10.2. The summed E-state index contributed by atoms with van der Waals surface area (Å²) in [5.41, 5.74) is 2.28. The fraction of sp³-hybridized carbons (Fsp3) is 0.409. The number of rotatable bonds is 7. The van der Waals surface area contributed by atoms with Gasteiger partial charge in [0.25, 0.3) is 0 Å². The molecule has 0 saturated carbocycles. The van der Waals surface area contributed by atoms with Gasteiger partial charge in [0, 0.05) is 50.1 Å². The van der Waals surface area contributed by atoms with Crippen LogP contribution in [0.3, 0.4) is 0 Å². The summed E-state index contributed by atoms with van der Waals surface area (Å²) in [6.45, 7) is 9.98. The second kappa shape index (κ2) is 10.3. The minimum Gasteiger partial charge on any atom is -0.494 e. The molecule has 0 radical (unpaired) electrons. The minimum absolute atomic E-state index is 0.429. The molecule has 1 aliphatic rings. The number of nitrogens with zero attached hydrogens (tertiary/aromatic N) is 2. The number of piperazine rings is 1. The van der Waals surface area contributed by atoms with Crippen molar-refractivity contribution in [2.24, 2.45) is 0 Å². The van der Waals surface area contributed by atoms with Gasteiger partial charge in [-0.3, -0.25) is 4.90 Å². The van der Waals surface area contributed by atoms with E-state index in [-0.39, 0.29) is 0 Å². The Morgan fingerprint density at radius 2 is 1.71 bits per heavy atom. The average Bonchev–Trinajstić information content (AvgIpc) is 2.74. The van der Waals surface area contributed by atoms with Crippen LogP contribution in [0.25, 0.3) is 0 Å². The number of para-hydroxylation sites is 1. The van der Waals surface area contributed by atoms with Gasteiger partial charge in [0.2, 0.25) is 0 Å². The first-order valence-corrected chi connectivity index (χ1v) is 10.4. The van der Waals surface area contributed by atoms with E-state index in [0.717, 1.165) is 44.2 Å². The van der Waals surface area contributed by atoms with E-state index in [2.05, 4.69) is 57.7 Å². The van der Waals surface area contributed by atoms with Crippen LogP contribution in [0.5, 0.6) is 5.75 Å². The number of ether oxygens (including phenoxy) is 1. The molecular formula is C22H30N4OS. The van der Waals surface area contributed by atoms with Crippen molar-refractivity contribution in [3.63, 3.8) is 0 Å². The van der Waals surface area contributed by atoms with Gasteiger partial charge in [-0.2, -0.15) is 0 Å². The number of nitrogens with one attached hydrogen (secondary N) is 2. The standard InChI is InChI=1S/C22H30N4OS/c1-3-27-21-11-9-19(10-12-21)24-22(28)23-17-18(2)25-13-15-26(16-14-25)20-7-5-4-6-8-20/h4-12,18H,3,13-17H2,1-2H3,(H2,23,24,28). The summed E-state index contributed by atoms with van der Waals surface area (Å²) < 4.78 is 5.46. The van der Waals surface area contributed by atoms with Crippen molar-refractivity contribution in [2.75, 3.05) is 49.5 Å². The molecule has 0 spiro atoms. The summed E-state index contributed by atoms with van der Waals surface area (Å²) in [5.74, 6) is 0.871. The Labute approximate surface area is 173 Å². The maximum atomic E-state index is 5.46. The SMILES string of the molecule is CCOc1ccc(NC(=S)NCC(C)N2CCN(c3ccccc3)CC2)cc1. The topological polar surface area (TPSA) is 39.8 Å². The van der Waals surface area contributed by atoms with Gasteiger partial charge >= 0.3 is 0 Å². The number of anilines is 2. The molecule has 2 N–H and O–H groups in total. The van der Waals surface area contributed by atoms with Crippen molar-refractivity contribution in [1.29, 1.82) is 0 Å². The number of thiocarbonyl (C=S) groups is 1. The van der Waals surface area contributed by atoms with Crippen LogP contribution in [0.1, 0.15) is 13.8 Å². The maximum absolute atomic E-state index is 5.46. The molecule has 1 heterocycles. The smallest absolute Gasteiger partial charge is 0.170 e. The lowest BCUT2D eigenvalue weighted by Crippen LogP contribution is -2.52. The molecule has 1 saturated heterocycles. The molecule has 6 heteroatoms. The van der Waals surface area contributed by atoms with Gasteiger partial charge < -0.3 is 20.3 Å². The van der Waals surface area contributed by atoms with E-state index in [1.54, 1.807) is 0 Å². The second-order valence-corrected chi connectivity index (χ2v) is 7.41. The molecule has 3 rings (SSSR count). The first-order chi connectivity index (χ1) is 13.7. The van der Waals surface area contributed by atoms with Crippen LogP contribution >= 0.6 is 12.2 Å². The summed E-state index contributed by atoms with van der Waals surface area (Å²) in [6, 6.07) is 18.9. The van der Waals surface area contributed by atoms with Gasteiger partial charge in [-0.25, -0.2) is 0 Å². The van der Waals surface area contributed by atoms with Gasteiger partial charge in [0.1, 0.15) is 5.75 Å². The molecule has 5 nitrogen and oxygen atoms in total. The second-order valence-electron chi connectivity index (χ2n) is 7.00. The van der Waals surface area contributed by atoms with Crippen LogP contribution in [-0.4, -0.2) is 55.4 Å². The van der Waals surface area contributed by atoms with Gasteiger partial charge in [-0.15, -0.1) is 0 Å². The van der Waals surface area contributed by atoms with Crippen LogP contribution in [0.4, 0.5) is 11.4 Å². The molecule has 1 fully saturated rings. The predicted molar refractivity (Wildman–Crippen MR) is 122 cm³/mol. The third-order valence-electron chi connectivity index (χ3n) is 5.04. The summed E-state index contributed by atoms with van der Waals surface area (Å²) in [6.07, 6.45) is 0. The first kappa shape index (κ1) is 20.4. The Hall–Kier alpha value is -2.31. The lowest BCUT2D eigenvalue weighted by Gasteiger charge is -2.39. The molecule has 28 heavy (non-hydrogen) atoms. The van der Waals surface area contributed by atoms with E-state index in [4.69, 9.17) is 17.0 Å². The van der Waals surface area contributed by atoms with E-state index in [0.29, 0.717) is 17.8 Å². The zero-order valence-electron chi connectivity index (χ0n) is 16.7. The molecule has 2 aromatic rings. The van der Waals surface area contributed by atoms with Crippen molar-refractivity contribution >= 4 is 28.7 Å². The average molecular weight is 399 g/mol. The Bertz CT molecular complexity index is 730. The zero-order chi connectivity index (χ0) is 19.8. The van der Waals surface area contributed by atoms with E-state index >= 15 is 0 Å². The summed E-state index contributed by atoms with van der Waals surface area (Å²) >= 11 is 5.44. The van der Waals surface area contributed by atoms with E-state index in [1.165, 1.54) is 5.69 Å². The van der Waals surface area contributed by atoms with Crippen molar-refractivity contribution in [2.45, 2.75) is 19.9 Å². The number of hydrogen-bond acceptors (Lipinski definition) is 4.